The number of hydrazine groups is 1. The van der Waals surface area contributed by atoms with Gasteiger partial charge in [-0.2, -0.15) is 0 Å². The Morgan fingerprint density at radius 2 is 2.00 bits per heavy atom. The first-order chi connectivity index (χ1) is 9.08. The molecule has 0 aliphatic carbocycles. The molecular weight excluding hydrogens is 248 g/mol. The van der Waals surface area contributed by atoms with Crippen LogP contribution in [0.4, 0.5) is 0 Å². The highest BCUT2D eigenvalue weighted by Gasteiger charge is 2.40. The molecule has 19 heavy (non-hydrogen) atoms. The highest BCUT2D eigenvalue weighted by atomic mass is 16.5. The van der Waals surface area contributed by atoms with Gasteiger partial charge in [0.25, 0.3) is 0 Å². The van der Waals surface area contributed by atoms with Crippen molar-refractivity contribution >= 4 is 5.97 Å². The van der Waals surface area contributed by atoms with Crippen LogP contribution in [0.15, 0.2) is 18.2 Å². The molecule has 0 aromatic heterocycles. The maximum Gasteiger partial charge on any atom is 0.322 e. The standard InChI is InChI=1S/C13H18N2O4/c1-7-11(12(13(16)17)15-14-7)9-6-8(18-2)4-5-10(9)19-3/h4-7,11-12,14-15H,1-3H3,(H,16,17). The molecule has 6 heteroatoms. The second-order valence-corrected chi connectivity index (χ2v) is 4.53. The van der Waals surface area contributed by atoms with Gasteiger partial charge >= 0.3 is 5.97 Å². The van der Waals surface area contributed by atoms with Crippen molar-refractivity contribution in [2.24, 2.45) is 0 Å². The number of carboxylic acids is 1. The summed E-state index contributed by atoms with van der Waals surface area (Å²) in [6, 6.07) is 4.68. The van der Waals surface area contributed by atoms with E-state index in [0.717, 1.165) is 5.56 Å². The van der Waals surface area contributed by atoms with Crippen molar-refractivity contribution in [2.75, 3.05) is 14.2 Å². The zero-order valence-corrected chi connectivity index (χ0v) is 11.1. The van der Waals surface area contributed by atoms with Gasteiger partial charge in [0.15, 0.2) is 0 Å². The Hall–Kier alpha value is -1.79. The molecule has 1 aliphatic rings. The Bertz CT molecular complexity index is 478. The van der Waals surface area contributed by atoms with E-state index in [2.05, 4.69) is 10.9 Å². The summed E-state index contributed by atoms with van der Waals surface area (Å²) >= 11 is 0. The van der Waals surface area contributed by atoms with E-state index >= 15 is 0 Å². The van der Waals surface area contributed by atoms with E-state index < -0.39 is 12.0 Å². The topological polar surface area (TPSA) is 79.8 Å². The number of hydrogen-bond acceptors (Lipinski definition) is 5. The van der Waals surface area contributed by atoms with E-state index in [1.165, 1.54) is 0 Å². The largest absolute Gasteiger partial charge is 0.497 e. The summed E-state index contributed by atoms with van der Waals surface area (Å²) in [5, 5.41) is 9.28. The van der Waals surface area contributed by atoms with Crippen molar-refractivity contribution in [3.63, 3.8) is 0 Å². The minimum Gasteiger partial charge on any atom is -0.497 e. The minimum atomic E-state index is -0.897. The predicted octanol–water partition coefficient (Wildman–Crippen LogP) is 0.737. The van der Waals surface area contributed by atoms with Crippen molar-refractivity contribution in [1.29, 1.82) is 0 Å². The molecule has 3 unspecified atom stereocenters. The van der Waals surface area contributed by atoms with E-state index in [4.69, 9.17) is 9.47 Å². The van der Waals surface area contributed by atoms with Crippen LogP contribution in [0, 0.1) is 0 Å². The van der Waals surface area contributed by atoms with Crippen LogP contribution in [0.3, 0.4) is 0 Å². The molecule has 1 aromatic carbocycles. The van der Waals surface area contributed by atoms with Crippen molar-refractivity contribution in [3.8, 4) is 11.5 Å². The van der Waals surface area contributed by atoms with Gasteiger partial charge in [-0.1, -0.05) is 0 Å². The third-order valence-corrected chi connectivity index (χ3v) is 3.43. The lowest BCUT2D eigenvalue weighted by Crippen LogP contribution is -2.38. The minimum absolute atomic E-state index is 0.0258. The number of carboxylic acid groups (broad SMARTS) is 1. The fourth-order valence-corrected chi connectivity index (χ4v) is 2.45. The molecule has 2 rings (SSSR count). The quantitative estimate of drug-likeness (QED) is 0.746. The first-order valence-electron chi connectivity index (χ1n) is 6.04. The fourth-order valence-electron chi connectivity index (χ4n) is 2.45. The fraction of sp³-hybridized carbons (Fsp3) is 0.462. The van der Waals surface area contributed by atoms with E-state index in [0.29, 0.717) is 11.5 Å². The molecule has 104 valence electrons. The van der Waals surface area contributed by atoms with E-state index in [1.807, 2.05) is 13.0 Å². The average Bonchev–Trinajstić information content (AvgIpc) is 2.80. The van der Waals surface area contributed by atoms with E-state index in [-0.39, 0.29) is 12.0 Å². The molecule has 1 saturated heterocycles. The molecule has 0 bridgehead atoms. The molecule has 0 saturated carbocycles. The van der Waals surface area contributed by atoms with Crippen LogP contribution in [0.25, 0.3) is 0 Å². The van der Waals surface area contributed by atoms with Crippen LogP contribution in [-0.2, 0) is 4.79 Å². The summed E-state index contributed by atoms with van der Waals surface area (Å²) in [7, 11) is 3.15. The van der Waals surface area contributed by atoms with Gasteiger partial charge in [-0.25, -0.2) is 5.43 Å². The molecule has 1 aromatic rings. The molecule has 0 spiro atoms. The van der Waals surface area contributed by atoms with Gasteiger partial charge in [0.1, 0.15) is 17.5 Å². The zero-order valence-electron chi connectivity index (χ0n) is 11.1. The first kappa shape index (κ1) is 13.6. The summed E-state index contributed by atoms with van der Waals surface area (Å²) in [4.78, 5) is 11.3. The summed E-state index contributed by atoms with van der Waals surface area (Å²) in [6.45, 7) is 1.93. The normalized spacial score (nSPS) is 26.2. The van der Waals surface area contributed by atoms with Crippen LogP contribution in [0.2, 0.25) is 0 Å². The monoisotopic (exact) mass is 266 g/mol. The number of benzene rings is 1. The predicted molar refractivity (Wildman–Crippen MR) is 69.4 cm³/mol. The molecule has 0 radical (unpaired) electrons. The van der Waals surface area contributed by atoms with Gasteiger partial charge in [0.2, 0.25) is 0 Å². The van der Waals surface area contributed by atoms with Gasteiger partial charge in [-0.05, 0) is 25.1 Å². The molecule has 0 amide bonds. The lowest BCUT2D eigenvalue weighted by atomic mass is 9.87. The van der Waals surface area contributed by atoms with E-state index in [9.17, 15) is 9.90 Å². The summed E-state index contributed by atoms with van der Waals surface area (Å²) in [5.74, 6) is 0.211. The summed E-state index contributed by atoms with van der Waals surface area (Å²) in [6.07, 6.45) is 0. The van der Waals surface area contributed by atoms with Gasteiger partial charge < -0.3 is 14.6 Å². The van der Waals surface area contributed by atoms with E-state index in [1.54, 1.807) is 26.4 Å². The molecule has 6 nitrogen and oxygen atoms in total. The third-order valence-electron chi connectivity index (χ3n) is 3.43. The number of ether oxygens (including phenoxy) is 2. The number of nitrogens with one attached hydrogen (secondary N) is 2. The maximum atomic E-state index is 11.3. The Kier molecular flexibility index (Phi) is 3.92. The van der Waals surface area contributed by atoms with Crippen molar-refractivity contribution in [1.82, 2.24) is 10.9 Å². The molecule has 1 heterocycles. The lowest BCUT2D eigenvalue weighted by molar-refractivity contribution is -0.139. The number of hydrogen-bond donors (Lipinski definition) is 3. The Labute approximate surface area is 111 Å². The van der Waals surface area contributed by atoms with Crippen LogP contribution >= 0.6 is 0 Å². The summed E-state index contributed by atoms with van der Waals surface area (Å²) in [5.41, 5.74) is 6.58. The van der Waals surface area contributed by atoms with Crippen molar-refractivity contribution in [3.05, 3.63) is 23.8 Å². The highest BCUT2D eigenvalue weighted by Crippen LogP contribution is 2.36. The highest BCUT2D eigenvalue weighted by molar-refractivity contribution is 5.76. The van der Waals surface area contributed by atoms with Crippen LogP contribution in [0.1, 0.15) is 18.4 Å². The van der Waals surface area contributed by atoms with Crippen LogP contribution in [-0.4, -0.2) is 37.4 Å². The van der Waals surface area contributed by atoms with Crippen LogP contribution in [0.5, 0.6) is 11.5 Å². The number of methoxy groups -OCH3 is 2. The average molecular weight is 266 g/mol. The number of aliphatic carboxylic acids is 1. The smallest absolute Gasteiger partial charge is 0.322 e. The second-order valence-electron chi connectivity index (χ2n) is 4.53. The second kappa shape index (κ2) is 5.46. The lowest BCUT2D eigenvalue weighted by Gasteiger charge is -2.21. The Morgan fingerprint density at radius 1 is 1.26 bits per heavy atom. The van der Waals surface area contributed by atoms with Gasteiger partial charge in [-0.3, -0.25) is 10.2 Å². The van der Waals surface area contributed by atoms with Gasteiger partial charge in [0.05, 0.1) is 14.2 Å². The SMILES string of the molecule is COc1ccc(OC)c(C2C(C)NNC2C(=O)O)c1. The molecular formula is C13H18N2O4. The molecule has 1 aliphatic heterocycles. The molecule has 1 fully saturated rings. The number of carbonyl (C=O) groups is 1. The molecule has 3 N–H and O–H groups in total. The van der Waals surface area contributed by atoms with Gasteiger partial charge in [-0.15, -0.1) is 0 Å². The van der Waals surface area contributed by atoms with Gasteiger partial charge in [0, 0.05) is 17.5 Å². The first-order valence-corrected chi connectivity index (χ1v) is 6.04. The maximum absolute atomic E-state index is 11.3. The third kappa shape index (κ3) is 2.50. The Balaban J connectivity index is 2.45. The van der Waals surface area contributed by atoms with Crippen LogP contribution < -0.4 is 20.3 Å². The summed E-state index contributed by atoms with van der Waals surface area (Å²) < 4.78 is 10.5. The van der Waals surface area contributed by atoms with Crippen molar-refractivity contribution < 1.29 is 19.4 Å². The zero-order chi connectivity index (χ0) is 14.0. The molecule has 3 atom stereocenters. The van der Waals surface area contributed by atoms with Crippen molar-refractivity contribution in [2.45, 2.75) is 24.9 Å². The number of rotatable bonds is 4. The Morgan fingerprint density at radius 3 is 2.58 bits per heavy atom.